The summed E-state index contributed by atoms with van der Waals surface area (Å²) in [5.74, 6) is -6.06. The van der Waals surface area contributed by atoms with Gasteiger partial charge in [-0.05, 0) is 100 Å². The predicted molar refractivity (Wildman–Crippen MR) is 315 cm³/mol. The summed E-state index contributed by atoms with van der Waals surface area (Å²) in [5.41, 5.74) is 17.8. The number of rotatable bonds is 30. The van der Waals surface area contributed by atoms with Gasteiger partial charge in [-0.25, -0.2) is 9.00 Å². The Morgan fingerprint density at radius 3 is 1.59 bits per heavy atom. The Balaban J connectivity index is 0. The fourth-order valence-electron chi connectivity index (χ4n) is 6.35. The Morgan fingerprint density at radius 2 is 1.14 bits per heavy atom. The summed E-state index contributed by atoms with van der Waals surface area (Å²) >= 11 is 1.00. The highest BCUT2D eigenvalue weighted by molar-refractivity contribution is 7.98. The monoisotopic (exact) mass is 1180 g/mol. The summed E-state index contributed by atoms with van der Waals surface area (Å²) in [6.07, 6.45) is 4.64. The third-order valence-electron chi connectivity index (χ3n) is 10.8. The van der Waals surface area contributed by atoms with Gasteiger partial charge in [0.2, 0.25) is 58.4 Å². The summed E-state index contributed by atoms with van der Waals surface area (Å²) in [6, 6.07) is 10.3. The molecule has 0 aliphatic heterocycles. The molecule has 80 heavy (non-hydrogen) atoms. The maximum absolute atomic E-state index is 13.5. The molecule has 0 spiro atoms. The number of guanidine groups is 1. The van der Waals surface area contributed by atoms with Gasteiger partial charge in [0.25, 0.3) is 0 Å². The Hall–Kier alpha value is -6.32. The van der Waals surface area contributed by atoms with Crippen LogP contribution in [0.5, 0.6) is 0 Å². The van der Waals surface area contributed by atoms with Crippen LogP contribution in [0.25, 0.3) is 0 Å². The van der Waals surface area contributed by atoms with Crippen molar-refractivity contribution in [2.45, 2.75) is 147 Å². The van der Waals surface area contributed by atoms with Crippen molar-refractivity contribution in [3.8, 4) is 0 Å². The molecule has 0 heterocycles. The van der Waals surface area contributed by atoms with Gasteiger partial charge in [-0.2, -0.15) is 11.8 Å². The van der Waals surface area contributed by atoms with Crippen LogP contribution in [-0.2, 0) is 54.3 Å². The van der Waals surface area contributed by atoms with Crippen molar-refractivity contribution in [1.29, 1.82) is 0 Å². The molecule has 2 rings (SSSR count). The fraction of sp³-hybridized carbons (Fsp3) is 0.585. The molecule has 2 aromatic carbocycles. The molecule has 15 N–H and O–H groups in total. The highest BCUT2D eigenvalue weighted by atomic mass is 32.2. The van der Waals surface area contributed by atoms with Crippen molar-refractivity contribution in [2.75, 3.05) is 44.4 Å². The molecule has 2 aromatic rings. The second kappa shape index (κ2) is 43.5. The number of carboxylic acid groups (broad SMARTS) is 1. The number of aryl methyl sites for hydroxylation is 1. The Bertz CT molecular complexity index is 2280. The molecule has 0 fully saturated rings. The Kier molecular flexibility index (Phi) is 41.2. The van der Waals surface area contributed by atoms with E-state index in [1.54, 1.807) is 46.8 Å². The van der Waals surface area contributed by atoms with Gasteiger partial charge in [-0.3, -0.25) is 43.3 Å². The second-order valence-electron chi connectivity index (χ2n) is 19.2. The highest BCUT2D eigenvalue weighted by Gasteiger charge is 2.30. The van der Waals surface area contributed by atoms with Crippen LogP contribution >= 0.6 is 23.5 Å². The van der Waals surface area contributed by atoms with E-state index in [0.717, 1.165) is 4.90 Å². The molecule has 0 aliphatic carbocycles. The van der Waals surface area contributed by atoms with Crippen LogP contribution in [0.4, 0.5) is 3.89 Å². The normalized spacial score (nSPS) is 13.1. The molecule has 0 radical (unpaired) electrons. The number of nitrogens with zero attached hydrogens (tertiary/aromatic N) is 1. The molecule has 23 nitrogen and oxygen atoms in total. The van der Waals surface area contributed by atoms with E-state index in [2.05, 4.69) is 79.8 Å². The van der Waals surface area contributed by atoms with Crippen molar-refractivity contribution in [3.63, 3.8) is 0 Å². The van der Waals surface area contributed by atoms with Gasteiger partial charge in [-0.1, -0.05) is 97.4 Å². The SMILES string of the molecule is CCC(NC(=O)C(CCCN=C(N)N)NC(=O)CNC(=O)C(C)NC(=O)CNC(=O)C(N)C(C)C)C(=O)NC(CC(C)C)C(=O)NCC(=O)NC(CC(C)C)C(=O)O.CCSC.CSc1cccc(S(=O)F)c1.Cc1ccccc1. The van der Waals surface area contributed by atoms with Gasteiger partial charge in [0.05, 0.1) is 30.6 Å². The van der Waals surface area contributed by atoms with Crippen molar-refractivity contribution in [3.05, 3.63) is 60.2 Å². The van der Waals surface area contributed by atoms with E-state index in [1.807, 2.05) is 56.1 Å². The number of amides is 8. The van der Waals surface area contributed by atoms with E-state index in [0.29, 0.717) is 0 Å². The first kappa shape index (κ1) is 75.8. The zero-order valence-corrected chi connectivity index (χ0v) is 50.7. The Morgan fingerprint density at radius 1 is 0.650 bits per heavy atom. The van der Waals surface area contributed by atoms with Crippen LogP contribution in [0.1, 0.15) is 100.0 Å². The zero-order valence-electron chi connectivity index (χ0n) is 48.3. The summed E-state index contributed by atoms with van der Waals surface area (Å²) in [7, 11) is 0. The molecule has 7 atom stereocenters. The van der Waals surface area contributed by atoms with Crippen LogP contribution in [0.2, 0.25) is 0 Å². The van der Waals surface area contributed by atoms with Gasteiger partial charge in [0, 0.05) is 11.4 Å². The number of nitrogens with two attached hydrogens (primary N) is 3. The number of thioether (sulfide) groups is 2. The number of hydrogen-bond donors (Lipinski definition) is 12. The number of aliphatic carboxylic acids is 1. The van der Waals surface area contributed by atoms with Gasteiger partial charge in [0.15, 0.2) is 5.96 Å². The number of carbonyl (C=O) groups is 9. The smallest absolute Gasteiger partial charge is 0.326 e. The molecule has 27 heteroatoms. The quantitative estimate of drug-likeness (QED) is 0.0175. The van der Waals surface area contributed by atoms with Gasteiger partial charge >= 0.3 is 5.97 Å². The molecule has 0 saturated heterocycles. The van der Waals surface area contributed by atoms with Crippen molar-refractivity contribution in [2.24, 2.45) is 39.9 Å². The number of aliphatic imine (C=N–C) groups is 1. The number of nitrogens with one attached hydrogen (secondary N) is 8. The van der Waals surface area contributed by atoms with E-state index < -0.39 is 120 Å². The first-order valence-electron chi connectivity index (χ1n) is 26.1. The molecule has 0 aliphatic rings. The first-order valence-corrected chi connectivity index (χ1v) is 29.8. The maximum Gasteiger partial charge on any atom is 0.326 e. The molecule has 8 amide bonds. The second-order valence-corrected chi connectivity index (χ2v) is 22.1. The van der Waals surface area contributed by atoms with Crippen LogP contribution in [0, 0.1) is 24.7 Å². The summed E-state index contributed by atoms with van der Waals surface area (Å²) in [4.78, 5) is 119. The van der Waals surface area contributed by atoms with Crippen LogP contribution in [0.15, 0.2) is 69.4 Å². The topological polar surface area (TPSA) is 378 Å². The number of benzene rings is 2. The van der Waals surface area contributed by atoms with E-state index in [4.69, 9.17) is 17.2 Å². The number of halogens is 1. The molecular formula is C53H89FN12O11S3. The average molecular weight is 1190 g/mol. The predicted octanol–water partition coefficient (Wildman–Crippen LogP) is 2.17. The minimum atomic E-state index is -2.35. The standard InChI is InChI=1S/C36H66N12O10.C7H7FOS2.C7H8.C3H8S/c1-9-22(32(54)48-24(13-18(2)3)31(53)42-17-28(51)46-25(35(57)58)14-19(4)5)47-33(55)23(11-10-12-40-36(38)39)45-27(50)16-41-30(52)21(8)44-26(49)15-43-34(56)29(37)20(6)7;1-10-6-3-2-4-7(5-6)11(8)9;1-7-5-3-2-4-6-7;1-3-4-2/h18-25,29H,9-17,37H2,1-8H3,(H,41,52)(H,42,53)(H,43,56)(H,44,49)(H,45,50)(H,46,51)(H,47,55)(H,48,54)(H,57,58)(H4,38,39,40);2-5H,1H3;2-6H,1H3;3H2,1-2H3. The zero-order chi connectivity index (χ0) is 61.5. The fourth-order valence-corrected chi connectivity index (χ4v) is 7.29. The third kappa shape index (κ3) is 36.8. The maximum atomic E-state index is 13.5. The van der Waals surface area contributed by atoms with Crippen LogP contribution < -0.4 is 59.7 Å². The largest absolute Gasteiger partial charge is 0.480 e. The molecule has 7 unspecified atom stereocenters. The van der Waals surface area contributed by atoms with Crippen molar-refractivity contribution >= 4 is 93.9 Å². The number of hydrogen-bond acceptors (Lipinski definition) is 14. The molecule has 0 aromatic heterocycles. The number of carboxylic acids is 1. The van der Waals surface area contributed by atoms with Crippen LogP contribution in [0.3, 0.4) is 0 Å². The van der Waals surface area contributed by atoms with E-state index in [9.17, 15) is 56.4 Å². The highest BCUT2D eigenvalue weighted by Crippen LogP contribution is 2.18. The molecule has 0 saturated carbocycles. The molecule has 0 bridgehead atoms. The lowest BCUT2D eigenvalue weighted by atomic mass is 10.0. The van der Waals surface area contributed by atoms with Gasteiger partial charge in [0.1, 0.15) is 30.2 Å². The number of carbonyl (C=O) groups excluding carboxylic acids is 8. The minimum Gasteiger partial charge on any atom is -0.480 e. The summed E-state index contributed by atoms with van der Waals surface area (Å²) < 4.78 is 22.6. The summed E-state index contributed by atoms with van der Waals surface area (Å²) in [5, 5.41) is 29.0. The van der Waals surface area contributed by atoms with Crippen LogP contribution in [-0.4, -0.2) is 149 Å². The molecular weight excluding hydrogens is 1100 g/mol. The lowest BCUT2D eigenvalue weighted by Crippen LogP contribution is -2.57. The van der Waals surface area contributed by atoms with Gasteiger partial charge in [-0.15, -0.1) is 15.6 Å². The lowest BCUT2D eigenvalue weighted by molar-refractivity contribution is -0.142. The minimum absolute atomic E-state index is 0.0132. The lowest BCUT2D eigenvalue weighted by Gasteiger charge is -2.25. The van der Waals surface area contributed by atoms with Crippen molar-refractivity contribution in [1.82, 2.24) is 42.5 Å². The Labute approximate surface area is 482 Å². The van der Waals surface area contributed by atoms with E-state index in [1.165, 1.54) is 36.1 Å². The van der Waals surface area contributed by atoms with Crippen molar-refractivity contribution < 1.29 is 56.4 Å². The molecule has 452 valence electrons. The van der Waals surface area contributed by atoms with E-state index in [-0.39, 0.29) is 67.3 Å². The van der Waals surface area contributed by atoms with E-state index >= 15 is 0 Å². The summed E-state index contributed by atoms with van der Waals surface area (Å²) in [6.45, 7) is 16.5. The first-order chi connectivity index (χ1) is 37.5. The third-order valence-corrected chi connectivity index (χ3v) is 12.8. The average Bonchev–Trinajstić information content (AvgIpc) is 3.40. The van der Waals surface area contributed by atoms with Gasteiger partial charge < -0.3 is 64.8 Å².